The number of nitrogens with two attached hydrogens (primary N) is 1. The van der Waals surface area contributed by atoms with Crippen LogP contribution in [0.4, 0.5) is 10.3 Å². The van der Waals surface area contributed by atoms with Crippen LogP contribution in [0.25, 0.3) is 11.4 Å². The average Bonchev–Trinajstić information content (AvgIpc) is 2.94. The molecule has 0 atom stereocenters. The minimum absolute atomic E-state index is 0.00450. The van der Waals surface area contributed by atoms with Crippen LogP contribution in [0.1, 0.15) is 11.1 Å². The second-order valence-electron chi connectivity index (χ2n) is 5.72. The molecule has 0 unspecified atom stereocenters. The lowest BCUT2D eigenvalue weighted by atomic mass is 10.0. The highest BCUT2D eigenvalue weighted by Crippen LogP contribution is 2.27. The summed E-state index contributed by atoms with van der Waals surface area (Å²) in [5.41, 5.74) is 7.53. The average molecular weight is 355 g/mol. The van der Waals surface area contributed by atoms with Gasteiger partial charge in [-0.25, -0.2) is 9.37 Å². The van der Waals surface area contributed by atoms with Crippen LogP contribution in [0.2, 0.25) is 0 Å². The maximum atomic E-state index is 13.7. The van der Waals surface area contributed by atoms with E-state index in [9.17, 15) is 9.18 Å². The van der Waals surface area contributed by atoms with Crippen molar-refractivity contribution in [3.63, 3.8) is 0 Å². The molecule has 0 amide bonds. The zero-order chi connectivity index (χ0) is 18.7. The van der Waals surface area contributed by atoms with E-state index >= 15 is 0 Å². The van der Waals surface area contributed by atoms with Crippen LogP contribution in [0.5, 0.6) is 5.75 Å². The summed E-state index contributed by atoms with van der Waals surface area (Å²) in [7, 11) is 1.75. The highest BCUT2D eigenvalue weighted by molar-refractivity contribution is 5.60. The Morgan fingerprint density at radius 1 is 1.38 bits per heavy atom. The van der Waals surface area contributed by atoms with E-state index < -0.39 is 0 Å². The first-order chi connectivity index (χ1) is 12.5. The van der Waals surface area contributed by atoms with Crippen molar-refractivity contribution in [3.8, 4) is 17.1 Å². The number of hydrogen-bond donors (Lipinski definition) is 2. The normalized spacial score (nSPS) is 10.7. The van der Waals surface area contributed by atoms with Gasteiger partial charge in [0, 0.05) is 36.9 Å². The van der Waals surface area contributed by atoms with Gasteiger partial charge in [-0.15, -0.1) is 0 Å². The molecule has 0 spiro atoms. The van der Waals surface area contributed by atoms with Gasteiger partial charge in [0.15, 0.2) is 0 Å². The number of aryl methyl sites for hydroxylation is 1. The summed E-state index contributed by atoms with van der Waals surface area (Å²) in [6.07, 6.45) is 3.75. The van der Waals surface area contributed by atoms with E-state index in [1.807, 2.05) is 0 Å². The lowest BCUT2D eigenvalue weighted by Gasteiger charge is -2.10. The van der Waals surface area contributed by atoms with E-state index in [0.29, 0.717) is 35.7 Å². The molecule has 0 fully saturated rings. The molecule has 3 rings (SSSR count). The quantitative estimate of drug-likeness (QED) is 0.659. The van der Waals surface area contributed by atoms with E-state index in [1.54, 1.807) is 30.1 Å². The second kappa shape index (κ2) is 7.22. The minimum atomic E-state index is -0.370. The van der Waals surface area contributed by atoms with Crippen LogP contribution >= 0.6 is 0 Å². The van der Waals surface area contributed by atoms with Crippen molar-refractivity contribution in [2.75, 3.05) is 12.3 Å². The second-order valence-corrected chi connectivity index (χ2v) is 5.72. The van der Waals surface area contributed by atoms with Gasteiger partial charge in [0.1, 0.15) is 29.6 Å². The fraction of sp³-hybridized carbons (Fsp3) is 0.167. The minimum Gasteiger partial charge on any atom is -0.489 e. The van der Waals surface area contributed by atoms with Crippen molar-refractivity contribution in [1.82, 2.24) is 19.7 Å². The van der Waals surface area contributed by atoms with Crippen LogP contribution < -0.4 is 16.0 Å². The monoisotopic (exact) mass is 355 g/mol. The predicted molar refractivity (Wildman–Crippen MR) is 96.4 cm³/mol. The molecule has 1 aromatic carbocycles. The van der Waals surface area contributed by atoms with E-state index in [1.165, 1.54) is 18.2 Å². The molecule has 7 nitrogen and oxygen atoms in total. The number of aromatic nitrogens is 4. The van der Waals surface area contributed by atoms with Gasteiger partial charge in [-0.05, 0) is 18.2 Å². The molecule has 3 N–H and O–H groups in total. The number of nitrogens with one attached hydrogen (secondary N) is 1. The molecule has 2 heterocycles. The zero-order valence-electron chi connectivity index (χ0n) is 14.2. The molecule has 0 bridgehead atoms. The van der Waals surface area contributed by atoms with Crippen molar-refractivity contribution in [2.24, 2.45) is 7.05 Å². The number of halogens is 1. The van der Waals surface area contributed by atoms with Gasteiger partial charge < -0.3 is 10.5 Å². The predicted octanol–water partition coefficient (Wildman–Crippen LogP) is 2.05. The van der Waals surface area contributed by atoms with Crippen LogP contribution in [-0.2, 0) is 13.5 Å². The molecule has 0 aliphatic carbocycles. The molecule has 26 heavy (non-hydrogen) atoms. The smallest absolute Gasteiger partial charge is 0.252 e. The molecular formula is C18H18FN5O2. The summed E-state index contributed by atoms with van der Waals surface area (Å²) in [6.45, 7) is 3.93. The number of hydrogen-bond acceptors (Lipinski definition) is 5. The Morgan fingerprint density at radius 2 is 2.19 bits per heavy atom. The van der Waals surface area contributed by atoms with Crippen molar-refractivity contribution >= 4 is 5.95 Å². The van der Waals surface area contributed by atoms with E-state index in [-0.39, 0.29) is 17.3 Å². The molecule has 2 aromatic heterocycles. The number of anilines is 1. The van der Waals surface area contributed by atoms with Crippen LogP contribution in [0.15, 0.2) is 47.9 Å². The Kier molecular flexibility index (Phi) is 4.83. The van der Waals surface area contributed by atoms with E-state index in [4.69, 9.17) is 10.5 Å². The first-order valence-corrected chi connectivity index (χ1v) is 7.88. The molecule has 0 radical (unpaired) electrons. The third-order valence-electron chi connectivity index (χ3n) is 3.67. The van der Waals surface area contributed by atoms with Gasteiger partial charge in [-0.2, -0.15) is 5.10 Å². The first kappa shape index (κ1) is 17.4. The number of rotatable bonds is 6. The van der Waals surface area contributed by atoms with E-state index in [2.05, 4.69) is 21.6 Å². The fourth-order valence-electron chi connectivity index (χ4n) is 2.66. The maximum absolute atomic E-state index is 13.7. The molecule has 0 aliphatic heterocycles. The van der Waals surface area contributed by atoms with Gasteiger partial charge in [-0.3, -0.25) is 14.5 Å². The Morgan fingerprint density at radius 3 is 2.92 bits per heavy atom. The lowest BCUT2D eigenvalue weighted by Crippen LogP contribution is -2.11. The molecule has 134 valence electrons. The number of aromatic amines is 1. The van der Waals surface area contributed by atoms with Crippen molar-refractivity contribution in [1.29, 1.82) is 0 Å². The zero-order valence-corrected chi connectivity index (χ0v) is 14.2. The lowest BCUT2D eigenvalue weighted by molar-refractivity contribution is 0.359. The summed E-state index contributed by atoms with van der Waals surface area (Å²) in [5, 5.41) is 4.37. The number of nitrogens with zero attached hydrogens (tertiary/aromatic N) is 3. The van der Waals surface area contributed by atoms with Gasteiger partial charge in [-0.1, -0.05) is 12.7 Å². The fourth-order valence-corrected chi connectivity index (χ4v) is 2.66. The Hall–Kier alpha value is -3.42. The standard InChI is InChI=1S/C18H18FN5O2/c1-3-6-26-15-5-4-13(19)8-11(15)7-12-10-24(2)23-17(12)14-9-16(25)22-18(20)21-14/h3-5,8-10H,1,6-7H2,2H3,(H3,20,21,22,25). The summed E-state index contributed by atoms with van der Waals surface area (Å²) in [6, 6.07) is 5.65. The Balaban J connectivity index is 2.03. The van der Waals surface area contributed by atoms with Crippen LogP contribution in [0, 0.1) is 5.82 Å². The number of benzene rings is 1. The SMILES string of the molecule is C=CCOc1ccc(F)cc1Cc1cn(C)nc1-c1cc(=O)[nH]c(N)n1. The molecule has 8 heteroatoms. The molecule has 0 saturated heterocycles. The molecule has 0 saturated carbocycles. The highest BCUT2D eigenvalue weighted by atomic mass is 19.1. The topological polar surface area (TPSA) is 98.8 Å². The Labute approximate surface area is 149 Å². The number of nitrogen functional groups attached to an aromatic ring is 1. The maximum Gasteiger partial charge on any atom is 0.252 e. The highest BCUT2D eigenvalue weighted by Gasteiger charge is 2.16. The number of H-pyrrole nitrogens is 1. The van der Waals surface area contributed by atoms with Crippen molar-refractivity contribution < 1.29 is 9.13 Å². The van der Waals surface area contributed by atoms with Crippen molar-refractivity contribution in [2.45, 2.75) is 6.42 Å². The molecular weight excluding hydrogens is 337 g/mol. The van der Waals surface area contributed by atoms with E-state index in [0.717, 1.165) is 5.56 Å². The first-order valence-electron chi connectivity index (χ1n) is 7.88. The van der Waals surface area contributed by atoms with Gasteiger partial charge in [0.25, 0.3) is 5.56 Å². The van der Waals surface area contributed by atoms with Gasteiger partial charge in [0.2, 0.25) is 5.95 Å². The number of ether oxygens (including phenoxy) is 1. The molecule has 0 aliphatic rings. The van der Waals surface area contributed by atoms with Crippen LogP contribution in [0.3, 0.4) is 0 Å². The molecule has 3 aromatic rings. The third kappa shape index (κ3) is 3.80. The summed E-state index contributed by atoms with van der Waals surface area (Å²) in [5.74, 6) is 0.194. The van der Waals surface area contributed by atoms with Crippen molar-refractivity contribution in [3.05, 3.63) is 70.4 Å². The van der Waals surface area contributed by atoms with Crippen LogP contribution in [-0.4, -0.2) is 26.4 Å². The third-order valence-corrected chi connectivity index (χ3v) is 3.67. The largest absolute Gasteiger partial charge is 0.489 e. The Bertz CT molecular complexity index is 1010. The van der Waals surface area contributed by atoms with Gasteiger partial charge >= 0.3 is 0 Å². The van der Waals surface area contributed by atoms with Gasteiger partial charge in [0.05, 0.1) is 0 Å². The summed E-state index contributed by atoms with van der Waals surface area (Å²) in [4.78, 5) is 18.2. The summed E-state index contributed by atoms with van der Waals surface area (Å²) < 4.78 is 20.9. The summed E-state index contributed by atoms with van der Waals surface area (Å²) >= 11 is 0.